The van der Waals surface area contributed by atoms with Crippen LogP contribution in [-0.2, 0) is 26.0 Å². The van der Waals surface area contributed by atoms with E-state index >= 15 is 0 Å². The Balaban J connectivity index is 1.12. The Labute approximate surface area is 273 Å². The van der Waals surface area contributed by atoms with Crippen LogP contribution < -0.4 is 15.4 Å². The Morgan fingerprint density at radius 1 is 0.872 bits per heavy atom. The van der Waals surface area contributed by atoms with Crippen molar-refractivity contribution >= 4 is 39.7 Å². The molecule has 0 spiro atoms. The molecule has 13 nitrogen and oxygen atoms in total. The van der Waals surface area contributed by atoms with Crippen molar-refractivity contribution in [2.45, 2.75) is 43.2 Å². The number of para-hydroxylation sites is 1. The molecule has 2 aliphatic heterocycles. The van der Waals surface area contributed by atoms with Crippen LogP contribution in [-0.4, -0.2) is 96.4 Å². The number of carboxylic acids is 1. The lowest BCUT2D eigenvalue weighted by atomic mass is 10.1. The molecule has 47 heavy (non-hydrogen) atoms. The smallest absolute Gasteiger partial charge is 0.415 e. The summed E-state index contributed by atoms with van der Waals surface area (Å²) < 4.78 is 33.1. The number of hydrogen-bond acceptors (Lipinski definition) is 7. The van der Waals surface area contributed by atoms with Gasteiger partial charge in [-0.1, -0.05) is 48.0 Å². The van der Waals surface area contributed by atoms with E-state index in [0.717, 1.165) is 9.87 Å². The van der Waals surface area contributed by atoms with Gasteiger partial charge in [0, 0.05) is 44.8 Å². The second-order valence-electron chi connectivity index (χ2n) is 11.5. The number of anilines is 1. The predicted octanol–water partition coefficient (Wildman–Crippen LogP) is 3.31. The third-order valence-electron chi connectivity index (χ3n) is 8.17. The number of sulfonamides is 1. The summed E-state index contributed by atoms with van der Waals surface area (Å²) in [5.41, 5.74) is 2.14. The molecule has 2 aliphatic rings. The Kier molecular flexibility index (Phi) is 10.4. The van der Waals surface area contributed by atoms with Crippen LogP contribution in [0.25, 0.3) is 0 Å². The normalized spacial score (nSPS) is 17.5. The number of piperazine rings is 1. The zero-order chi connectivity index (χ0) is 33.6. The quantitative estimate of drug-likeness (QED) is 0.314. The molecule has 2 atom stereocenters. The Morgan fingerprint density at radius 3 is 2.15 bits per heavy atom. The summed E-state index contributed by atoms with van der Waals surface area (Å²) in [6, 6.07) is 19.1. The maximum absolute atomic E-state index is 13.3. The van der Waals surface area contributed by atoms with E-state index < -0.39 is 40.1 Å². The van der Waals surface area contributed by atoms with E-state index in [1.807, 2.05) is 25.1 Å². The van der Waals surface area contributed by atoms with Gasteiger partial charge in [0.2, 0.25) is 15.9 Å². The maximum atomic E-state index is 13.3. The van der Waals surface area contributed by atoms with Crippen molar-refractivity contribution in [3.63, 3.8) is 0 Å². The van der Waals surface area contributed by atoms with Gasteiger partial charge in [0.15, 0.2) is 0 Å². The molecule has 2 saturated heterocycles. The molecule has 3 aromatic carbocycles. The summed E-state index contributed by atoms with van der Waals surface area (Å²) >= 11 is 0. The van der Waals surface area contributed by atoms with Crippen molar-refractivity contribution in [3.8, 4) is 5.75 Å². The number of nitrogens with one attached hydrogen (secondary N) is 2. The molecule has 3 N–H and O–H groups in total. The summed E-state index contributed by atoms with van der Waals surface area (Å²) in [7, 11) is -3.95. The number of urea groups is 1. The highest BCUT2D eigenvalue weighted by atomic mass is 32.2. The van der Waals surface area contributed by atoms with E-state index in [-0.39, 0.29) is 36.1 Å². The zero-order valence-corrected chi connectivity index (χ0v) is 26.7. The van der Waals surface area contributed by atoms with Crippen LogP contribution in [0.3, 0.4) is 0 Å². The molecule has 2 heterocycles. The first-order valence-electron chi connectivity index (χ1n) is 15.3. The Morgan fingerprint density at radius 2 is 1.51 bits per heavy atom. The number of carbonyl (C=O) groups is 4. The van der Waals surface area contributed by atoms with Gasteiger partial charge in [0.1, 0.15) is 17.8 Å². The van der Waals surface area contributed by atoms with Crippen molar-refractivity contribution in [3.05, 3.63) is 90.0 Å². The van der Waals surface area contributed by atoms with Gasteiger partial charge in [-0.2, -0.15) is 4.31 Å². The number of carboxylic acid groups (broad SMARTS) is 1. The molecule has 0 aliphatic carbocycles. The number of aliphatic carboxylic acids is 1. The first kappa shape index (κ1) is 33.4. The van der Waals surface area contributed by atoms with E-state index in [1.165, 1.54) is 29.2 Å². The number of amides is 4. The molecule has 3 aromatic rings. The Hall–Kier alpha value is -4.95. The molecule has 0 radical (unpaired) electrons. The molecule has 2 fully saturated rings. The molecular weight excluding hydrogens is 626 g/mol. The van der Waals surface area contributed by atoms with Gasteiger partial charge < -0.3 is 30.3 Å². The fraction of sp³-hybridized carbons (Fsp3) is 0.333. The lowest BCUT2D eigenvalue weighted by Gasteiger charge is -2.34. The van der Waals surface area contributed by atoms with Gasteiger partial charge in [-0.3, -0.25) is 4.79 Å². The summed E-state index contributed by atoms with van der Waals surface area (Å²) in [6.45, 7) is 3.27. The van der Waals surface area contributed by atoms with E-state index in [9.17, 15) is 32.7 Å². The number of carbonyl (C=O) groups excluding carboxylic acids is 3. The summed E-state index contributed by atoms with van der Waals surface area (Å²) in [5, 5.41) is 15.2. The van der Waals surface area contributed by atoms with Gasteiger partial charge in [0.25, 0.3) is 0 Å². The van der Waals surface area contributed by atoms with Crippen LogP contribution >= 0.6 is 0 Å². The number of aryl methyl sites for hydroxylation is 1. The molecule has 0 bridgehead atoms. The first-order valence-corrected chi connectivity index (χ1v) is 16.7. The lowest BCUT2D eigenvalue weighted by Crippen LogP contribution is -2.52. The first-order chi connectivity index (χ1) is 22.5. The minimum Gasteiger partial charge on any atom is -0.480 e. The molecule has 0 saturated carbocycles. The molecule has 0 unspecified atom stereocenters. The highest BCUT2D eigenvalue weighted by molar-refractivity contribution is 7.89. The average Bonchev–Trinajstić information content (AvgIpc) is 3.57. The van der Waals surface area contributed by atoms with Gasteiger partial charge in [-0.25, -0.2) is 22.8 Å². The average molecular weight is 664 g/mol. The van der Waals surface area contributed by atoms with Crippen molar-refractivity contribution in [2.24, 2.45) is 0 Å². The van der Waals surface area contributed by atoms with Crippen molar-refractivity contribution in [1.82, 2.24) is 19.4 Å². The monoisotopic (exact) mass is 663 g/mol. The number of ether oxygens (including phenoxy) is 1. The van der Waals surface area contributed by atoms with Crippen molar-refractivity contribution in [2.75, 3.05) is 38.0 Å². The number of nitrogens with zero attached hydrogens (tertiary/aromatic N) is 3. The summed E-state index contributed by atoms with van der Waals surface area (Å²) in [6.07, 6.45) is 0.109. The third kappa shape index (κ3) is 8.26. The highest BCUT2D eigenvalue weighted by Crippen LogP contribution is 2.27. The molecule has 248 valence electrons. The largest absolute Gasteiger partial charge is 0.480 e. The van der Waals surface area contributed by atoms with Gasteiger partial charge in [-0.15, -0.1) is 0 Å². The maximum Gasteiger partial charge on any atom is 0.415 e. The SMILES string of the molecule is Cc1ccc(S(=O)(=O)N2CCC[C@H]2C(=O)N[C@@H](Cc2ccc(OC(=O)N3CCN(C(=O)Nc4ccccc4)CC3)cc2)C(=O)O)cc1. The number of benzene rings is 3. The van der Waals surface area contributed by atoms with E-state index in [0.29, 0.717) is 43.9 Å². The minimum atomic E-state index is -3.95. The highest BCUT2D eigenvalue weighted by Gasteiger charge is 2.40. The second kappa shape index (κ2) is 14.6. The van der Waals surface area contributed by atoms with E-state index in [2.05, 4.69) is 10.6 Å². The molecule has 0 aromatic heterocycles. The van der Waals surface area contributed by atoms with Crippen LogP contribution in [0.1, 0.15) is 24.0 Å². The van der Waals surface area contributed by atoms with Gasteiger partial charge in [-0.05, 0) is 61.7 Å². The predicted molar refractivity (Wildman–Crippen MR) is 172 cm³/mol. The topological polar surface area (TPSA) is 166 Å². The molecule has 14 heteroatoms. The molecule has 5 rings (SSSR count). The molecular formula is C33H37N5O8S. The van der Waals surface area contributed by atoms with Crippen LogP contribution in [0.2, 0.25) is 0 Å². The lowest BCUT2D eigenvalue weighted by molar-refractivity contribution is -0.142. The molecule has 4 amide bonds. The van der Waals surface area contributed by atoms with Gasteiger partial charge >= 0.3 is 18.1 Å². The van der Waals surface area contributed by atoms with Crippen molar-refractivity contribution in [1.29, 1.82) is 0 Å². The van der Waals surface area contributed by atoms with Crippen LogP contribution in [0.15, 0.2) is 83.8 Å². The zero-order valence-electron chi connectivity index (χ0n) is 25.9. The third-order valence-corrected chi connectivity index (χ3v) is 10.1. The van der Waals surface area contributed by atoms with Crippen molar-refractivity contribution < 1.29 is 37.4 Å². The summed E-state index contributed by atoms with van der Waals surface area (Å²) in [4.78, 5) is 53.7. The fourth-order valence-electron chi connectivity index (χ4n) is 5.51. The van der Waals surface area contributed by atoms with E-state index in [4.69, 9.17) is 4.74 Å². The summed E-state index contributed by atoms with van der Waals surface area (Å²) in [5.74, 6) is -1.69. The van der Waals surface area contributed by atoms with Crippen LogP contribution in [0, 0.1) is 6.92 Å². The Bertz CT molecular complexity index is 1690. The van der Waals surface area contributed by atoms with Gasteiger partial charge in [0.05, 0.1) is 4.90 Å². The van der Waals surface area contributed by atoms with Crippen LogP contribution in [0.4, 0.5) is 15.3 Å². The standard InChI is InChI=1S/C33H37N5O8S/c1-23-9-15-27(16-10-23)47(44,45)38-17-5-8-29(38)30(39)35-28(31(40)41)22-24-11-13-26(14-12-24)46-33(43)37-20-18-36(19-21-37)32(42)34-25-6-3-2-4-7-25/h2-4,6-7,9-16,28-29H,5,8,17-22H2,1H3,(H,34,42)(H,35,39)(H,40,41)/t28-,29-/m0/s1. The van der Waals surface area contributed by atoms with Crippen LogP contribution in [0.5, 0.6) is 5.75 Å². The number of rotatable bonds is 9. The van der Waals surface area contributed by atoms with E-state index in [1.54, 1.807) is 41.3 Å². The number of hydrogen-bond donors (Lipinski definition) is 3. The fourth-order valence-corrected chi connectivity index (χ4v) is 7.17. The second-order valence-corrected chi connectivity index (χ2v) is 13.4. The minimum absolute atomic E-state index is 0.0697.